The normalized spacial score (nSPS) is 22.7. The number of amides is 1. The third-order valence-electron chi connectivity index (χ3n) is 2.04. The predicted octanol–water partition coefficient (Wildman–Crippen LogP) is 1.37. The highest BCUT2D eigenvalue weighted by atomic mass is 19.3. The molecule has 0 aromatic rings. The molecule has 13 heavy (non-hydrogen) atoms. The smallest absolute Gasteiger partial charge is 0.407 e. The Hall–Kier alpha value is -0.910. The summed E-state index contributed by atoms with van der Waals surface area (Å²) in [5.41, 5.74) is 0. The van der Waals surface area contributed by atoms with Gasteiger partial charge in [-0.05, 0) is 12.8 Å². The first kappa shape index (κ1) is 10.2. The number of hydrogen-bond donors (Lipinski definition) is 1. The van der Waals surface area contributed by atoms with Crippen LogP contribution in [0, 0.1) is 0 Å². The Kier molecular flexibility index (Phi) is 3.41. The molecule has 6 heteroatoms. The molecule has 0 aromatic heterocycles. The van der Waals surface area contributed by atoms with E-state index < -0.39 is 18.7 Å². The fraction of sp³-hybridized carbons (Fsp3) is 0.857. The highest BCUT2D eigenvalue weighted by Gasteiger charge is 2.29. The molecule has 1 atom stereocenters. The van der Waals surface area contributed by atoms with Gasteiger partial charge in [0, 0.05) is 6.54 Å². The molecule has 1 rings (SSSR count). The number of ether oxygens (including phenoxy) is 1. The maximum atomic E-state index is 11.6. The van der Waals surface area contributed by atoms with Crippen LogP contribution in [0.15, 0.2) is 0 Å². The second-order valence-electron chi connectivity index (χ2n) is 2.87. The zero-order valence-electron chi connectivity index (χ0n) is 6.95. The third-order valence-corrected chi connectivity index (χ3v) is 2.04. The molecule has 1 heterocycles. The van der Waals surface area contributed by atoms with Gasteiger partial charge in [-0.15, -0.1) is 0 Å². The van der Waals surface area contributed by atoms with Gasteiger partial charge in [0.15, 0.2) is 0 Å². The lowest BCUT2D eigenvalue weighted by atomic mass is 10.2. The lowest BCUT2D eigenvalue weighted by molar-refractivity contribution is -0.137. The summed E-state index contributed by atoms with van der Waals surface area (Å²) in [5.74, 6) is 0. The number of rotatable bonds is 3. The van der Waals surface area contributed by atoms with Gasteiger partial charge in [-0.3, -0.25) is 0 Å². The van der Waals surface area contributed by atoms with E-state index in [2.05, 4.69) is 4.74 Å². The standard InChI is InChI=1S/C7H11F2NO3/c8-6(9)13-4-5-2-1-3-10(5)7(11)12/h5-6H,1-4H2,(H,11,12)/t5-/m0/s1. The number of carbonyl (C=O) groups is 1. The van der Waals surface area contributed by atoms with Crippen LogP contribution >= 0.6 is 0 Å². The predicted molar refractivity (Wildman–Crippen MR) is 39.7 cm³/mol. The Labute approximate surface area is 74.1 Å². The first-order chi connectivity index (χ1) is 6.11. The van der Waals surface area contributed by atoms with Crippen LogP contribution in [0.25, 0.3) is 0 Å². The summed E-state index contributed by atoms with van der Waals surface area (Å²) in [4.78, 5) is 11.7. The fourth-order valence-corrected chi connectivity index (χ4v) is 1.44. The van der Waals surface area contributed by atoms with Crippen molar-refractivity contribution in [3.05, 3.63) is 0 Å². The molecule has 1 aliphatic rings. The van der Waals surface area contributed by atoms with Crippen molar-refractivity contribution < 1.29 is 23.4 Å². The summed E-state index contributed by atoms with van der Waals surface area (Å²) >= 11 is 0. The van der Waals surface area contributed by atoms with Gasteiger partial charge in [-0.25, -0.2) is 4.79 Å². The van der Waals surface area contributed by atoms with Gasteiger partial charge in [0.05, 0.1) is 12.6 Å². The summed E-state index contributed by atoms with van der Waals surface area (Å²) in [5, 5.41) is 8.63. The molecule has 4 nitrogen and oxygen atoms in total. The Morgan fingerprint density at radius 1 is 1.69 bits per heavy atom. The minimum atomic E-state index is -2.82. The lowest BCUT2D eigenvalue weighted by Gasteiger charge is -2.20. The monoisotopic (exact) mass is 195 g/mol. The number of carboxylic acid groups (broad SMARTS) is 1. The molecule has 1 N–H and O–H groups in total. The molecule has 1 aliphatic heterocycles. The van der Waals surface area contributed by atoms with E-state index in [9.17, 15) is 13.6 Å². The van der Waals surface area contributed by atoms with Crippen molar-refractivity contribution in [2.24, 2.45) is 0 Å². The summed E-state index contributed by atoms with van der Waals surface area (Å²) in [7, 11) is 0. The Balaban J connectivity index is 2.35. The number of hydrogen-bond acceptors (Lipinski definition) is 2. The average molecular weight is 195 g/mol. The molecular weight excluding hydrogens is 184 g/mol. The van der Waals surface area contributed by atoms with E-state index in [4.69, 9.17) is 5.11 Å². The van der Waals surface area contributed by atoms with Gasteiger partial charge in [0.2, 0.25) is 0 Å². The van der Waals surface area contributed by atoms with Gasteiger partial charge in [0.25, 0.3) is 0 Å². The fourth-order valence-electron chi connectivity index (χ4n) is 1.44. The van der Waals surface area contributed by atoms with Crippen LogP contribution in [-0.4, -0.2) is 41.9 Å². The molecule has 1 saturated heterocycles. The first-order valence-corrected chi connectivity index (χ1v) is 4.00. The summed E-state index contributed by atoms with van der Waals surface area (Å²) in [6.45, 7) is -2.63. The van der Waals surface area contributed by atoms with Gasteiger partial charge >= 0.3 is 12.7 Å². The van der Waals surface area contributed by atoms with Crippen LogP contribution in [0.1, 0.15) is 12.8 Å². The third kappa shape index (κ3) is 2.80. The Bertz CT molecular complexity index is 189. The summed E-state index contributed by atoms with van der Waals surface area (Å²) < 4.78 is 27.3. The highest BCUT2D eigenvalue weighted by Crippen LogP contribution is 2.18. The van der Waals surface area contributed by atoms with E-state index in [1.807, 2.05) is 0 Å². The maximum absolute atomic E-state index is 11.6. The second-order valence-corrected chi connectivity index (χ2v) is 2.87. The molecule has 0 radical (unpaired) electrons. The Morgan fingerprint density at radius 3 is 2.92 bits per heavy atom. The molecule has 0 bridgehead atoms. The van der Waals surface area contributed by atoms with Crippen molar-refractivity contribution in [1.82, 2.24) is 4.90 Å². The molecule has 0 aliphatic carbocycles. The number of alkyl halides is 2. The van der Waals surface area contributed by atoms with Crippen molar-refractivity contribution in [1.29, 1.82) is 0 Å². The topological polar surface area (TPSA) is 49.8 Å². The van der Waals surface area contributed by atoms with Gasteiger partial charge in [-0.1, -0.05) is 0 Å². The Morgan fingerprint density at radius 2 is 2.38 bits per heavy atom. The van der Waals surface area contributed by atoms with Crippen LogP contribution in [0.3, 0.4) is 0 Å². The SMILES string of the molecule is O=C(O)N1CCC[C@H]1COC(F)F. The molecule has 1 fully saturated rings. The van der Waals surface area contributed by atoms with Gasteiger partial charge in [-0.2, -0.15) is 8.78 Å². The summed E-state index contributed by atoms with van der Waals surface area (Å²) in [6.07, 6.45) is 0.239. The van der Waals surface area contributed by atoms with E-state index in [1.165, 1.54) is 0 Å². The van der Waals surface area contributed by atoms with Crippen molar-refractivity contribution >= 4 is 6.09 Å². The quantitative estimate of drug-likeness (QED) is 0.739. The average Bonchev–Trinajstić information content (AvgIpc) is 2.47. The molecule has 76 valence electrons. The van der Waals surface area contributed by atoms with Crippen molar-refractivity contribution in [3.8, 4) is 0 Å². The van der Waals surface area contributed by atoms with Crippen LogP contribution < -0.4 is 0 Å². The molecule has 1 amide bonds. The van der Waals surface area contributed by atoms with Crippen LogP contribution in [0.2, 0.25) is 0 Å². The first-order valence-electron chi connectivity index (χ1n) is 4.00. The maximum Gasteiger partial charge on any atom is 0.407 e. The van der Waals surface area contributed by atoms with Gasteiger partial charge < -0.3 is 14.7 Å². The molecule has 0 spiro atoms. The van der Waals surface area contributed by atoms with E-state index in [1.54, 1.807) is 0 Å². The van der Waals surface area contributed by atoms with Crippen LogP contribution in [-0.2, 0) is 4.74 Å². The molecule has 0 aromatic carbocycles. The zero-order chi connectivity index (χ0) is 9.84. The number of nitrogens with zero attached hydrogens (tertiary/aromatic N) is 1. The number of halogens is 2. The molecule has 0 unspecified atom stereocenters. The minimum absolute atomic E-state index is 0.218. The lowest BCUT2D eigenvalue weighted by Crippen LogP contribution is -2.37. The molecule has 0 saturated carbocycles. The van der Waals surface area contributed by atoms with Gasteiger partial charge in [0.1, 0.15) is 0 Å². The van der Waals surface area contributed by atoms with E-state index in [-0.39, 0.29) is 6.61 Å². The van der Waals surface area contributed by atoms with Crippen molar-refractivity contribution in [2.45, 2.75) is 25.5 Å². The largest absolute Gasteiger partial charge is 0.465 e. The summed E-state index contributed by atoms with van der Waals surface area (Å²) in [6, 6.07) is -0.411. The van der Waals surface area contributed by atoms with E-state index in [0.717, 1.165) is 4.90 Å². The van der Waals surface area contributed by atoms with E-state index in [0.29, 0.717) is 19.4 Å². The minimum Gasteiger partial charge on any atom is -0.465 e. The highest BCUT2D eigenvalue weighted by molar-refractivity contribution is 5.65. The second kappa shape index (κ2) is 4.36. The number of likely N-dealkylation sites (tertiary alicyclic amines) is 1. The zero-order valence-corrected chi connectivity index (χ0v) is 6.95. The van der Waals surface area contributed by atoms with Crippen molar-refractivity contribution in [3.63, 3.8) is 0 Å². The van der Waals surface area contributed by atoms with Crippen molar-refractivity contribution in [2.75, 3.05) is 13.2 Å². The van der Waals surface area contributed by atoms with E-state index >= 15 is 0 Å². The van der Waals surface area contributed by atoms with Crippen LogP contribution in [0.5, 0.6) is 0 Å². The van der Waals surface area contributed by atoms with Crippen LogP contribution in [0.4, 0.5) is 13.6 Å². The molecular formula is C7H11F2NO3.